The highest BCUT2D eigenvalue weighted by molar-refractivity contribution is 5.79. The first-order valence-corrected chi connectivity index (χ1v) is 8.77. The van der Waals surface area contributed by atoms with E-state index in [-0.39, 0.29) is 5.56 Å². The van der Waals surface area contributed by atoms with Gasteiger partial charge in [0, 0.05) is 37.8 Å². The molecule has 132 valence electrons. The Bertz CT molecular complexity index is 1150. The van der Waals surface area contributed by atoms with E-state index < -0.39 is 0 Å². The van der Waals surface area contributed by atoms with Crippen LogP contribution in [0.3, 0.4) is 0 Å². The van der Waals surface area contributed by atoms with E-state index in [0.717, 1.165) is 17.9 Å². The summed E-state index contributed by atoms with van der Waals surface area (Å²) in [5.74, 6) is 6.88. The van der Waals surface area contributed by atoms with E-state index in [2.05, 4.69) is 26.6 Å². The van der Waals surface area contributed by atoms with Crippen LogP contribution in [-0.2, 0) is 13.0 Å². The maximum atomic E-state index is 12.9. The molecule has 0 spiro atoms. The normalized spacial score (nSPS) is 13.9. The van der Waals surface area contributed by atoms with Crippen LogP contribution in [0.2, 0.25) is 0 Å². The number of hydrogen-bond acceptors (Lipinski definition) is 4. The molecule has 1 aliphatic rings. The van der Waals surface area contributed by atoms with Gasteiger partial charge in [-0.2, -0.15) is 0 Å². The molecule has 0 radical (unpaired) electrons. The SMILES string of the molecule is [C-]#[N+]CN1CCc2nc3cc(C#Cc4ccccn4)ccc3c(=O)n2CC1. The molecule has 0 bridgehead atoms. The maximum absolute atomic E-state index is 12.9. The van der Waals surface area contributed by atoms with Gasteiger partial charge in [0.15, 0.2) is 0 Å². The molecule has 0 unspecified atom stereocenters. The number of rotatable bonds is 1. The van der Waals surface area contributed by atoms with Gasteiger partial charge in [0.05, 0.1) is 10.9 Å². The van der Waals surface area contributed by atoms with Crippen molar-refractivity contribution in [3.8, 4) is 11.8 Å². The van der Waals surface area contributed by atoms with Crippen LogP contribution in [0.25, 0.3) is 15.7 Å². The van der Waals surface area contributed by atoms with Gasteiger partial charge in [-0.25, -0.2) is 21.4 Å². The summed E-state index contributed by atoms with van der Waals surface area (Å²) in [7, 11) is 0. The van der Waals surface area contributed by atoms with Crippen LogP contribution in [0.4, 0.5) is 0 Å². The van der Waals surface area contributed by atoms with E-state index in [4.69, 9.17) is 11.6 Å². The first-order chi connectivity index (χ1) is 13.2. The molecule has 0 atom stereocenters. The van der Waals surface area contributed by atoms with Crippen molar-refractivity contribution in [2.75, 3.05) is 19.8 Å². The van der Waals surface area contributed by atoms with Gasteiger partial charge in [-0.3, -0.25) is 14.2 Å². The lowest BCUT2D eigenvalue weighted by molar-refractivity contribution is 0.307. The zero-order chi connectivity index (χ0) is 18.6. The molecule has 0 N–H and O–H groups in total. The third kappa shape index (κ3) is 3.57. The van der Waals surface area contributed by atoms with Crippen LogP contribution in [0.15, 0.2) is 47.4 Å². The summed E-state index contributed by atoms with van der Waals surface area (Å²) in [6, 6.07) is 11.1. The summed E-state index contributed by atoms with van der Waals surface area (Å²) in [4.78, 5) is 27.3. The third-order valence-electron chi connectivity index (χ3n) is 4.60. The first-order valence-electron chi connectivity index (χ1n) is 8.77. The second-order valence-corrected chi connectivity index (χ2v) is 6.35. The average molecular weight is 355 g/mol. The van der Waals surface area contributed by atoms with Crippen molar-refractivity contribution in [2.45, 2.75) is 13.0 Å². The molecular weight excluding hydrogens is 338 g/mol. The van der Waals surface area contributed by atoms with Gasteiger partial charge in [-0.15, -0.1) is 0 Å². The van der Waals surface area contributed by atoms with Crippen LogP contribution in [0, 0.1) is 18.4 Å². The van der Waals surface area contributed by atoms with E-state index in [1.165, 1.54) is 0 Å². The van der Waals surface area contributed by atoms with Crippen molar-refractivity contribution in [1.29, 1.82) is 0 Å². The van der Waals surface area contributed by atoms with Gasteiger partial charge in [-0.1, -0.05) is 12.0 Å². The molecule has 1 aliphatic heterocycles. The van der Waals surface area contributed by atoms with Crippen molar-refractivity contribution >= 4 is 10.9 Å². The highest BCUT2D eigenvalue weighted by atomic mass is 16.1. The quantitative estimate of drug-likeness (QED) is 0.494. The Balaban J connectivity index is 1.71. The van der Waals surface area contributed by atoms with Crippen molar-refractivity contribution in [3.05, 3.63) is 81.4 Å². The number of nitrogens with zero attached hydrogens (tertiary/aromatic N) is 5. The molecular formula is C21H17N5O. The molecule has 6 nitrogen and oxygen atoms in total. The molecule has 27 heavy (non-hydrogen) atoms. The van der Waals surface area contributed by atoms with Gasteiger partial charge in [0.2, 0.25) is 0 Å². The minimum atomic E-state index is -0.0242. The molecule has 0 amide bonds. The summed E-state index contributed by atoms with van der Waals surface area (Å²) in [6.07, 6.45) is 2.37. The highest BCUT2D eigenvalue weighted by Gasteiger charge is 2.18. The van der Waals surface area contributed by atoms with Gasteiger partial charge in [0.25, 0.3) is 12.2 Å². The maximum Gasteiger partial charge on any atom is 0.270 e. The lowest BCUT2D eigenvalue weighted by Crippen LogP contribution is -2.28. The van der Waals surface area contributed by atoms with Crippen molar-refractivity contribution in [2.24, 2.45) is 0 Å². The molecule has 1 aromatic carbocycles. The van der Waals surface area contributed by atoms with E-state index in [9.17, 15) is 4.79 Å². The standard InChI is InChI=1S/C21H17N5O/c1-22-15-25-11-9-20-24-19-14-16(5-7-17-4-2-3-10-23-17)6-8-18(19)21(27)26(20)13-12-25/h2-4,6,8,10,14H,9,11-13,15H2. The Morgan fingerprint density at radius 1 is 1.15 bits per heavy atom. The van der Waals surface area contributed by atoms with Crippen molar-refractivity contribution in [3.63, 3.8) is 0 Å². The highest BCUT2D eigenvalue weighted by Crippen LogP contribution is 2.13. The van der Waals surface area contributed by atoms with Crippen LogP contribution < -0.4 is 5.56 Å². The minimum absolute atomic E-state index is 0.0242. The van der Waals surface area contributed by atoms with Gasteiger partial charge < -0.3 is 0 Å². The Kier molecular flexibility index (Phi) is 4.65. The Morgan fingerprint density at radius 3 is 2.89 bits per heavy atom. The molecule has 3 aromatic rings. The average Bonchev–Trinajstić information content (AvgIpc) is 2.90. The lowest BCUT2D eigenvalue weighted by atomic mass is 10.1. The van der Waals surface area contributed by atoms with Crippen LogP contribution >= 0.6 is 0 Å². The predicted octanol–water partition coefficient (Wildman–Crippen LogP) is 1.93. The summed E-state index contributed by atoms with van der Waals surface area (Å²) in [6.45, 7) is 9.38. The summed E-state index contributed by atoms with van der Waals surface area (Å²) < 4.78 is 1.74. The Labute approximate surface area is 156 Å². The predicted molar refractivity (Wildman–Crippen MR) is 103 cm³/mol. The Hall–Kier alpha value is -3.48. The van der Waals surface area contributed by atoms with Crippen molar-refractivity contribution < 1.29 is 0 Å². The molecule has 3 heterocycles. The van der Waals surface area contributed by atoms with E-state index in [1.54, 1.807) is 16.8 Å². The second-order valence-electron chi connectivity index (χ2n) is 6.35. The number of fused-ring (bicyclic) bond motifs is 2. The fourth-order valence-electron chi connectivity index (χ4n) is 3.19. The molecule has 0 saturated carbocycles. The number of hydrogen-bond donors (Lipinski definition) is 0. The summed E-state index contributed by atoms with van der Waals surface area (Å²) in [5, 5.41) is 0.598. The molecule has 0 saturated heterocycles. The minimum Gasteiger partial charge on any atom is -0.299 e. The largest absolute Gasteiger partial charge is 0.299 e. The number of benzene rings is 1. The van der Waals surface area contributed by atoms with E-state index >= 15 is 0 Å². The van der Waals surface area contributed by atoms with E-state index in [0.29, 0.717) is 42.8 Å². The molecule has 6 heteroatoms. The fraction of sp³-hybridized carbons (Fsp3) is 0.238. The number of pyridine rings is 1. The fourth-order valence-corrected chi connectivity index (χ4v) is 3.19. The molecule has 4 rings (SSSR count). The van der Waals surface area contributed by atoms with E-state index in [1.807, 2.05) is 30.3 Å². The Morgan fingerprint density at radius 2 is 2.07 bits per heavy atom. The second kappa shape index (κ2) is 7.41. The van der Waals surface area contributed by atoms with Crippen molar-refractivity contribution in [1.82, 2.24) is 19.4 Å². The topological polar surface area (TPSA) is 55.4 Å². The monoisotopic (exact) mass is 355 g/mol. The zero-order valence-corrected chi connectivity index (χ0v) is 14.7. The van der Waals surface area contributed by atoms with Crippen LogP contribution in [0.5, 0.6) is 0 Å². The van der Waals surface area contributed by atoms with Crippen LogP contribution in [-0.4, -0.2) is 39.2 Å². The summed E-state index contributed by atoms with van der Waals surface area (Å²) in [5.41, 5.74) is 2.14. The summed E-state index contributed by atoms with van der Waals surface area (Å²) >= 11 is 0. The van der Waals surface area contributed by atoms with Gasteiger partial charge in [0.1, 0.15) is 11.5 Å². The molecule has 0 fully saturated rings. The lowest BCUT2D eigenvalue weighted by Gasteiger charge is -2.11. The molecule has 2 aromatic heterocycles. The van der Waals surface area contributed by atoms with Gasteiger partial charge in [-0.05, 0) is 36.3 Å². The smallest absolute Gasteiger partial charge is 0.270 e. The van der Waals surface area contributed by atoms with Crippen LogP contribution in [0.1, 0.15) is 17.1 Å². The third-order valence-corrected chi connectivity index (χ3v) is 4.60. The first kappa shape index (κ1) is 17.0. The number of aromatic nitrogens is 3. The molecule has 0 aliphatic carbocycles. The zero-order valence-electron chi connectivity index (χ0n) is 14.7. The van der Waals surface area contributed by atoms with Gasteiger partial charge >= 0.3 is 0 Å².